The molecule has 0 aliphatic carbocycles. The summed E-state index contributed by atoms with van der Waals surface area (Å²) in [5, 5.41) is 0.548. The number of carbonyl (C=O) groups is 1. The zero-order valence-corrected chi connectivity index (χ0v) is 10.3. The van der Waals surface area contributed by atoms with Crippen LogP contribution in [0.1, 0.15) is 10.6 Å². The minimum absolute atomic E-state index is 0.120. The van der Waals surface area contributed by atoms with E-state index in [4.69, 9.17) is 26.6 Å². The molecule has 6 heteroatoms. The number of rotatable bonds is 3. The zero-order chi connectivity index (χ0) is 13.1. The normalized spacial score (nSPS) is 10.2. The number of hydrogen-bond donors (Lipinski definition) is 2. The summed E-state index contributed by atoms with van der Waals surface area (Å²) < 4.78 is 10.6. The Morgan fingerprint density at radius 3 is 2.83 bits per heavy atom. The van der Waals surface area contributed by atoms with Gasteiger partial charge in [0, 0.05) is 5.02 Å². The van der Waals surface area contributed by atoms with E-state index in [9.17, 15) is 4.79 Å². The van der Waals surface area contributed by atoms with Crippen LogP contribution in [0, 0.1) is 0 Å². The van der Waals surface area contributed by atoms with E-state index in [0.717, 1.165) is 0 Å². The predicted octanol–water partition coefficient (Wildman–Crippen LogP) is 2.21. The summed E-state index contributed by atoms with van der Waals surface area (Å²) in [5.41, 5.74) is 2.66. The van der Waals surface area contributed by atoms with Gasteiger partial charge in [-0.3, -0.25) is 10.2 Å². The molecule has 3 N–H and O–H groups in total. The van der Waals surface area contributed by atoms with E-state index in [1.165, 1.54) is 6.07 Å². The minimum atomic E-state index is -0.498. The van der Waals surface area contributed by atoms with Crippen molar-refractivity contribution in [2.45, 2.75) is 0 Å². The summed E-state index contributed by atoms with van der Waals surface area (Å²) in [5.74, 6) is 5.73. The quantitative estimate of drug-likeness (QED) is 0.507. The number of carbonyl (C=O) groups excluding carboxylic acids is 1. The van der Waals surface area contributed by atoms with Gasteiger partial charge in [0.2, 0.25) is 0 Å². The summed E-state index contributed by atoms with van der Waals surface area (Å²) in [6.07, 6.45) is 0. The third-order valence-electron chi connectivity index (χ3n) is 2.39. The van der Waals surface area contributed by atoms with E-state index >= 15 is 0 Å². The van der Waals surface area contributed by atoms with Crippen molar-refractivity contribution in [1.82, 2.24) is 5.43 Å². The van der Waals surface area contributed by atoms with E-state index in [-0.39, 0.29) is 5.76 Å². The number of nitrogen functional groups attached to an aromatic ring is 1. The Morgan fingerprint density at radius 1 is 1.39 bits per heavy atom. The Balaban J connectivity index is 2.45. The van der Waals surface area contributed by atoms with E-state index in [0.29, 0.717) is 22.1 Å². The highest BCUT2D eigenvalue weighted by atomic mass is 35.5. The second-order valence-electron chi connectivity index (χ2n) is 3.48. The second-order valence-corrected chi connectivity index (χ2v) is 3.92. The number of nitrogens with one attached hydrogen (secondary N) is 1. The summed E-state index contributed by atoms with van der Waals surface area (Å²) >= 11 is 5.92. The van der Waals surface area contributed by atoms with Gasteiger partial charge in [0.25, 0.3) is 0 Å². The van der Waals surface area contributed by atoms with Crippen LogP contribution in [0.2, 0.25) is 5.02 Å². The van der Waals surface area contributed by atoms with E-state index in [1.807, 2.05) is 5.43 Å². The number of nitrogens with two attached hydrogens (primary N) is 1. The number of halogens is 1. The van der Waals surface area contributed by atoms with E-state index in [2.05, 4.69) is 0 Å². The van der Waals surface area contributed by atoms with Crippen LogP contribution in [0.5, 0.6) is 5.75 Å². The molecule has 0 fully saturated rings. The largest absolute Gasteiger partial charge is 0.496 e. The molecule has 1 aromatic heterocycles. The third-order valence-corrected chi connectivity index (χ3v) is 2.62. The maximum atomic E-state index is 11.3. The topological polar surface area (TPSA) is 77.5 Å². The lowest BCUT2D eigenvalue weighted by molar-refractivity contribution is 0.0927. The Kier molecular flexibility index (Phi) is 3.55. The summed E-state index contributed by atoms with van der Waals surface area (Å²) in [6.45, 7) is 0. The smallest absolute Gasteiger partial charge is 0.300 e. The fourth-order valence-corrected chi connectivity index (χ4v) is 1.72. The number of hydrazine groups is 1. The number of amides is 1. The summed E-state index contributed by atoms with van der Waals surface area (Å²) in [6, 6.07) is 8.31. The summed E-state index contributed by atoms with van der Waals surface area (Å²) in [7, 11) is 1.54. The minimum Gasteiger partial charge on any atom is -0.496 e. The van der Waals surface area contributed by atoms with Crippen molar-refractivity contribution < 1.29 is 13.9 Å². The van der Waals surface area contributed by atoms with Crippen LogP contribution in [-0.2, 0) is 0 Å². The monoisotopic (exact) mass is 266 g/mol. The van der Waals surface area contributed by atoms with Crippen molar-refractivity contribution in [2.24, 2.45) is 5.84 Å². The molecular formula is C12H11ClN2O3. The van der Waals surface area contributed by atoms with Crippen LogP contribution in [0.25, 0.3) is 11.3 Å². The molecule has 0 saturated heterocycles. The fraction of sp³-hybridized carbons (Fsp3) is 0.0833. The van der Waals surface area contributed by atoms with Gasteiger partial charge in [-0.1, -0.05) is 11.6 Å². The second kappa shape index (κ2) is 5.12. The van der Waals surface area contributed by atoms with Gasteiger partial charge in [0.1, 0.15) is 11.5 Å². The lowest BCUT2D eigenvalue weighted by atomic mass is 10.1. The van der Waals surface area contributed by atoms with Gasteiger partial charge in [-0.2, -0.15) is 0 Å². The average molecular weight is 267 g/mol. The highest BCUT2D eigenvalue weighted by molar-refractivity contribution is 6.30. The molecule has 0 radical (unpaired) electrons. The highest BCUT2D eigenvalue weighted by Gasteiger charge is 2.14. The third kappa shape index (κ3) is 2.32. The van der Waals surface area contributed by atoms with Crippen LogP contribution in [0.15, 0.2) is 34.7 Å². The first-order valence-electron chi connectivity index (χ1n) is 5.10. The van der Waals surface area contributed by atoms with Crippen molar-refractivity contribution in [3.05, 3.63) is 41.1 Å². The number of hydrogen-bond acceptors (Lipinski definition) is 4. The standard InChI is InChI=1S/C12H11ClN2O3/c1-17-9-3-2-7(13)6-8(9)10-4-5-11(18-10)12(16)15-14/h2-6H,14H2,1H3,(H,15,16). The molecule has 0 atom stereocenters. The molecule has 0 bridgehead atoms. The lowest BCUT2D eigenvalue weighted by Crippen LogP contribution is -2.29. The molecule has 1 aromatic carbocycles. The molecule has 0 saturated carbocycles. The number of ether oxygens (including phenoxy) is 1. The molecule has 0 aliphatic rings. The first kappa shape index (κ1) is 12.5. The average Bonchev–Trinajstić information content (AvgIpc) is 2.87. The molecule has 0 aliphatic heterocycles. The number of methoxy groups -OCH3 is 1. The van der Waals surface area contributed by atoms with Crippen LogP contribution < -0.4 is 16.0 Å². The predicted molar refractivity (Wildman–Crippen MR) is 67.4 cm³/mol. The van der Waals surface area contributed by atoms with Crippen molar-refractivity contribution in [2.75, 3.05) is 7.11 Å². The van der Waals surface area contributed by atoms with E-state index in [1.54, 1.807) is 31.4 Å². The van der Waals surface area contributed by atoms with Crippen LogP contribution >= 0.6 is 11.6 Å². The molecule has 94 valence electrons. The molecule has 0 spiro atoms. The van der Waals surface area contributed by atoms with Crippen molar-refractivity contribution in [3.8, 4) is 17.1 Å². The van der Waals surface area contributed by atoms with Gasteiger partial charge in [-0.15, -0.1) is 0 Å². The SMILES string of the molecule is COc1ccc(Cl)cc1-c1ccc(C(=O)NN)o1. The Bertz CT molecular complexity index is 580. The molecule has 1 amide bonds. The molecule has 0 unspecified atom stereocenters. The van der Waals surface area contributed by atoms with Gasteiger partial charge in [0.05, 0.1) is 12.7 Å². The van der Waals surface area contributed by atoms with Gasteiger partial charge in [-0.25, -0.2) is 5.84 Å². The molecule has 2 aromatic rings. The maximum Gasteiger partial charge on any atom is 0.300 e. The van der Waals surface area contributed by atoms with Crippen molar-refractivity contribution >= 4 is 17.5 Å². The van der Waals surface area contributed by atoms with Crippen LogP contribution in [-0.4, -0.2) is 13.0 Å². The maximum absolute atomic E-state index is 11.3. The van der Waals surface area contributed by atoms with Gasteiger partial charge in [0.15, 0.2) is 5.76 Å². The first-order chi connectivity index (χ1) is 8.65. The lowest BCUT2D eigenvalue weighted by Gasteiger charge is -2.06. The number of furan rings is 1. The van der Waals surface area contributed by atoms with Gasteiger partial charge in [-0.05, 0) is 30.3 Å². The Hall–Kier alpha value is -1.98. The van der Waals surface area contributed by atoms with Crippen molar-refractivity contribution in [3.63, 3.8) is 0 Å². The number of benzene rings is 1. The van der Waals surface area contributed by atoms with Crippen molar-refractivity contribution in [1.29, 1.82) is 0 Å². The Morgan fingerprint density at radius 2 is 2.17 bits per heavy atom. The molecule has 18 heavy (non-hydrogen) atoms. The fourth-order valence-electron chi connectivity index (χ4n) is 1.55. The van der Waals surface area contributed by atoms with Crippen LogP contribution in [0.4, 0.5) is 0 Å². The van der Waals surface area contributed by atoms with Gasteiger partial charge >= 0.3 is 5.91 Å². The molecule has 2 rings (SSSR count). The van der Waals surface area contributed by atoms with E-state index < -0.39 is 5.91 Å². The van der Waals surface area contributed by atoms with Gasteiger partial charge < -0.3 is 9.15 Å². The molecule has 5 nitrogen and oxygen atoms in total. The molecule has 1 heterocycles. The van der Waals surface area contributed by atoms with Crippen LogP contribution in [0.3, 0.4) is 0 Å². The molecular weight excluding hydrogens is 256 g/mol. The Labute approximate surface area is 108 Å². The zero-order valence-electron chi connectivity index (χ0n) is 9.57. The highest BCUT2D eigenvalue weighted by Crippen LogP contribution is 2.33. The summed E-state index contributed by atoms with van der Waals surface area (Å²) in [4.78, 5) is 11.3. The first-order valence-corrected chi connectivity index (χ1v) is 5.48.